The van der Waals surface area contributed by atoms with Crippen molar-refractivity contribution in [1.29, 1.82) is 0 Å². The molecule has 1 aliphatic rings. The van der Waals surface area contributed by atoms with Crippen LogP contribution in [0.5, 0.6) is 0 Å². The highest BCUT2D eigenvalue weighted by molar-refractivity contribution is 6.64. The van der Waals surface area contributed by atoms with Crippen LogP contribution in [-0.4, -0.2) is 52.5 Å². The van der Waals surface area contributed by atoms with E-state index in [-0.39, 0.29) is 12.5 Å². The number of ether oxygens (including phenoxy) is 1. The van der Waals surface area contributed by atoms with Crippen LogP contribution in [0.15, 0.2) is 0 Å². The highest BCUT2D eigenvalue weighted by Gasteiger charge is 2.46. The maximum Gasteiger partial charge on any atom is 0.701 e. The van der Waals surface area contributed by atoms with E-state index in [9.17, 15) is 14.4 Å². The normalized spacial score (nSPS) is 19.1. The molecule has 0 amide bonds. The molecule has 0 aromatic heterocycles. The zero-order valence-corrected chi connectivity index (χ0v) is 12.8. The third kappa shape index (κ3) is 6.13. The lowest BCUT2D eigenvalue weighted by Gasteiger charge is -2.26. The van der Waals surface area contributed by atoms with E-state index in [1.807, 2.05) is 0 Å². The van der Waals surface area contributed by atoms with E-state index in [0.717, 1.165) is 20.4 Å². The molecule has 1 fully saturated rings. The Morgan fingerprint density at radius 3 is 2.25 bits per heavy atom. The van der Waals surface area contributed by atoms with Gasteiger partial charge in [-0.25, -0.2) is 0 Å². The fourth-order valence-corrected chi connectivity index (χ4v) is 3.44. The lowest BCUT2D eigenvalue weighted by molar-refractivity contribution is -0.149. The van der Waals surface area contributed by atoms with Gasteiger partial charge < -0.3 is 23.3 Å². The first-order chi connectivity index (χ1) is 9.31. The monoisotopic (exact) mass is 305 g/mol. The quantitative estimate of drug-likeness (QED) is 0.685. The summed E-state index contributed by atoms with van der Waals surface area (Å²) < 4.78 is 20.2. The first-order valence-corrected chi connectivity index (χ1v) is 8.46. The number of nitrogens with one attached hydrogen (secondary N) is 1. The van der Waals surface area contributed by atoms with Gasteiger partial charge in [0.15, 0.2) is 0 Å². The van der Waals surface area contributed by atoms with Crippen molar-refractivity contribution in [3.63, 3.8) is 0 Å². The second-order valence-corrected chi connectivity index (χ2v) is 6.76. The second kappa shape index (κ2) is 7.36. The van der Waals surface area contributed by atoms with Crippen molar-refractivity contribution in [2.24, 2.45) is 0 Å². The average Bonchev–Trinajstić information content (AvgIpc) is 2.26. The maximum absolute atomic E-state index is 11.8. The summed E-state index contributed by atoms with van der Waals surface area (Å²) >= 11 is 0. The minimum Gasteiger partial charge on any atom is -0.455 e. The van der Waals surface area contributed by atoms with Gasteiger partial charge in [-0.3, -0.25) is 14.4 Å². The summed E-state index contributed by atoms with van der Waals surface area (Å²) in [6.45, 7) is 5.40. The third-order valence-corrected chi connectivity index (χ3v) is 4.27. The molecule has 0 bridgehead atoms. The van der Waals surface area contributed by atoms with Gasteiger partial charge in [-0.15, -0.1) is 0 Å². The minimum absolute atomic E-state index is 0.00187. The van der Waals surface area contributed by atoms with E-state index < -0.39 is 26.7 Å². The molecule has 0 aliphatic carbocycles. The molecule has 114 valence electrons. The molecule has 1 atom stereocenters. The van der Waals surface area contributed by atoms with Gasteiger partial charge in [-0.05, 0) is 0 Å². The van der Waals surface area contributed by atoms with Crippen LogP contribution in [0.4, 0.5) is 0 Å². The van der Waals surface area contributed by atoms with Crippen LogP contribution >= 0.6 is 0 Å². The van der Waals surface area contributed by atoms with Crippen molar-refractivity contribution < 1.29 is 32.4 Å². The Morgan fingerprint density at radius 1 is 1.20 bits per heavy atom. The lowest BCUT2D eigenvalue weighted by Crippen LogP contribution is -2.48. The molecular formula is C11H19NO7Si. The molecule has 1 saturated heterocycles. The first kappa shape index (κ1) is 16.6. The molecule has 0 spiro atoms. The number of carbonyl (C=O) groups excluding carboxylic acids is 3. The summed E-state index contributed by atoms with van der Waals surface area (Å²) in [6.07, 6.45) is -0.304. The van der Waals surface area contributed by atoms with Gasteiger partial charge in [0.25, 0.3) is 17.9 Å². The van der Waals surface area contributed by atoms with Crippen LogP contribution in [0.3, 0.4) is 0 Å². The maximum atomic E-state index is 11.8. The lowest BCUT2D eigenvalue weighted by atomic mass is 10.2. The van der Waals surface area contributed by atoms with Gasteiger partial charge in [0.2, 0.25) is 0 Å². The number of hydrogen-bond acceptors (Lipinski definition) is 8. The molecule has 1 rings (SSSR count). The highest BCUT2D eigenvalue weighted by atomic mass is 28.4. The predicted octanol–water partition coefficient (Wildman–Crippen LogP) is -0.397. The van der Waals surface area contributed by atoms with Crippen LogP contribution in [0.1, 0.15) is 20.3 Å². The van der Waals surface area contributed by atoms with Gasteiger partial charge in [-0.1, -0.05) is 0 Å². The molecule has 0 aromatic carbocycles. The average molecular weight is 305 g/mol. The minimum atomic E-state index is -3.65. The first-order valence-electron chi connectivity index (χ1n) is 6.24. The molecule has 1 heterocycles. The Hall–Kier alpha value is -1.45. The summed E-state index contributed by atoms with van der Waals surface area (Å²) in [4.78, 5) is 33.8. The Labute approximate surface area is 118 Å². The Balaban J connectivity index is 2.56. The molecule has 8 nitrogen and oxygen atoms in total. The van der Waals surface area contributed by atoms with Gasteiger partial charge in [0, 0.05) is 33.5 Å². The van der Waals surface area contributed by atoms with Crippen LogP contribution in [0.2, 0.25) is 6.55 Å². The molecule has 0 aromatic rings. The van der Waals surface area contributed by atoms with Gasteiger partial charge in [0.05, 0.1) is 19.1 Å². The highest BCUT2D eigenvalue weighted by Crippen LogP contribution is 2.13. The Bertz CT molecular complexity index is 365. The molecular weight excluding hydrogens is 286 g/mol. The summed E-state index contributed by atoms with van der Waals surface area (Å²) in [5.41, 5.74) is 0. The standard InChI is InChI=1S/C11H19NO7Si/c1-8(13)17-20(3,18-9(2)14)19-11(15)6-10-7-12-4-5-16-10/h10,12H,4-7H2,1-3H3. The van der Waals surface area contributed by atoms with Crippen molar-refractivity contribution in [2.45, 2.75) is 32.9 Å². The number of rotatable bonds is 5. The zero-order valence-electron chi connectivity index (χ0n) is 11.8. The van der Waals surface area contributed by atoms with Crippen molar-refractivity contribution in [3.05, 3.63) is 0 Å². The fourth-order valence-electron chi connectivity index (χ4n) is 1.77. The SMILES string of the molecule is CC(=O)O[Si](C)(OC(C)=O)OC(=O)CC1CNCCO1. The molecule has 9 heteroatoms. The number of morpholine rings is 1. The topological polar surface area (TPSA) is 100 Å². The van der Waals surface area contributed by atoms with Crippen LogP contribution in [-0.2, 0) is 32.4 Å². The van der Waals surface area contributed by atoms with E-state index >= 15 is 0 Å². The van der Waals surface area contributed by atoms with Gasteiger partial charge in [0.1, 0.15) is 0 Å². The molecule has 0 radical (unpaired) electrons. The molecule has 20 heavy (non-hydrogen) atoms. The number of hydrogen-bond donors (Lipinski definition) is 1. The van der Waals surface area contributed by atoms with E-state index in [1.54, 1.807) is 0 Å². The van der Waals surface area contributed by atoms with E-state index in [4.69, 9.17) is 18.0 Å². The van der Waals surface area contributed by atoms with Crippen LogP contribution in [0, 0.1) is 0 Å². The fraction of sp³-hybridized carbons (Fsp3) is 0.727. The van der Waals surface area contributed by atoms with E-state index in [2.05, 4.69) is 5.32 Å². The smallest absolute Gasteiger partial charge is 0.455 e. The Kier molecular flexibility index (Phi) is 6.11. The summed E-state index contributed by atoms with van der Waals surface area (Å²) in [5.74, 6) is -1.98. The molecule has 0 saturated carbocycles. The van der Waals surface area contributed by atoms with Gasteiger partial charge >= 0.3 is 8.80 Å². The summed E-state index contributed by atoms with van der Waals surface area (Å²) in [6, 6.07) is 0. The summed E-state index contributed by atoms with van der Waals surface area (Å²) in [5, 5.41) is 3.08. The van der Waals surface area contributed by atoms with E-state index in [0.29, 0.717) is 13.2 Å². The number of carbonyl (C=O) groups is 3. The zero-order chi connectivity index (χ0) is 15.2. The van der Waals surface area contributed by atoms with E-state index in [1.165, 1.54) is 6.55 Å². The second-order valence-electron chi connectivity index (χ2n) is 4.42. The molecule has 1 unspecified atom stereocenters. The van der Waals surface area contributed by atoms with Crippen molar-refractivity contribution in [2.75, 3.05) is 19.7 Å². The van der Waals surface area contributed by atoms with Crippen LogP contribution < -0.4 is 5.32 Å². The molecule has 1 N–H and O–H groups in total. The molecule has 1 aliphatic heterocycles. The van der Waals surface area contributed by atoms with Crippen molar-refractivity contribution in [1.82, 2.24) is 5.32 Å². The van der Waals surface area contributed by atoms with Crippen molar-refractivity contribution >= 4 is 26.7 Å². The third-order valence-electron chi connectivity index (χ3n) is 2.36. The van der Waals surface area contributed by atoms with Crippen molar-refractivity contribution in [3.8, 4) is 0 Å². The van der Waals surface area contributed by atoms with Crippen LogP contribution in [0.25, 0.3) is 0 Å². The largest absolute Gasteiger partial charge is 0.701 e. The van der Waals surface area contributed by atoms with Gasteiger partial charge in [-0.2, -0.15) is 0 Å². The Morgan fingerprint density at radius 2 is 1.80 bits per heavy atom. The summed E-state index contributed by atoms with van der Waals surface area (Å²) in [7, 11) is -3.65. The predicted molar refractivity (Wildman–Crippen MR) is 68.5 cm³/mol.